The third-order valence-electron chi connectivity index (χ3n) is 3.62. The number of nitrogens with one attached hydrogen (secondary N) is 2. The van der Waals surface area contributed by atoms with E-state index in [0.29, 0.717) is 30.4 Å². The van der Waals surface area contributed by atoms with Crippen LogP contribution in [0, 0.1) is 0 Å². The van der Waals surface area contributed by atoms with E-state index < -0.39 is 5.91 Å². The van der Waals surface area contributed by atoms with Crippen molar-refractivity contribution in [3.63, 3.8) is 0 Å². The lowest BCUT2D eigenvalue weighted by Crippen LogP contribution is -2.31. The van der Waals surface area contributed by atoms with Crippen LogP contribution in [0.15, 0.2) is 30.6 Å². The predicted molar refractivity (Wildman–Crippen MR) is 89.4 cm³/mol. The van der Waals surface area contributed by atoms with Crippen molar-refractivity contribution in [3.05, 3.63) is 36.2 Å². The number of hydrogen-bond acceptors (Lipinski definition) is 5. The first-order valence-electron chi connectivity index (χ1n) is 7.79. The van der Waals surface area contributed by atoms with Crippen molar-refractivity contribution in [1.29, 1.82) is 0 Å². The van der Waals surface area contributed by atoms with Gasteiger partial charge < -0.3 is 25.8 Å². The summed E-state index contributed by atoms with van der Waals surface area (Å²) in [7, 11) is 0. The average molecular weight is 345 g/mol. The normalized spacial score (nSPS) is 13.8. The van der Waals surface area contributed by atoms with Crippen LogP contribution in [0.4, 0.5) is 10.5 Å². The van der Waals surface area contributed by atoms with Gasteiger partial charge in [0.15, 0.2) is 11.5 Å². The van der Waals surface area contributed by atoms with Crippen molar-refractivity contribution in [2.24, 2.45) is 5.73 Å². The Balaban J connectivity index is 1.58. The molecule has 2 aromatic rings. The molecule has 1 atom stereocenters. The van der Waals surface area contributed by atoms with E-state index in [0.717, 1.165) is 5.56 Å². The number of primary amides is 1. The first-order valence-corrected chi connectivity index (χ1v) is 7.79. The van der Waals surface area contributed by atoms with E-state index in [-0.39, 0.29) is 18.6 Å². The minimum absolute atomic E-state index is 0.0447. The number of carbonyl (C=O) groups excluding carboxylic acids is 2. The summed E-state index contributed by atoms with van der Waals surface area (Å²) in [5, 5.41) is 9.42. The predicted octanol–water partition coefficient (Wildman–Crippen LogP) is 1.02. The first kappa shape index (κ1) is 16.6. The van der Waals surface area contributed by atoms with Gasteiger partial charge in [-0.05, 0) is 24.6 Å². The Bertz CT molecular complexity index is 789. The van der Waals surface area contributed by atoms with Crippen LogP contribution in [0.5, 0.6) is 11.5 Å². The maximum atomic E-state index is 12.1. The van der Waals surface area contributed by atoms with Crippen molar-refractivity contribution >= 4 is 17.6 Å². The molecular formula is C16H19N5O4. The molecule has 0 fully saturated rings. The molecule has 1 aromatic heterocycles. The van der Waals surface area contributed by atoms with Crippen molar-refractivity contribution in [3.8, 4) is 11.5 Å². The summed E-state index contributed by atoms with van der Waals surface area (Å²) < 4.78 is 12.4. The quantitative estimate of drug-likeness (QED) is 0.747. The molecule has 0 radical (unpaired) electrons. The molecule has 0 saturated heterocycles. The van der Waals surface area contributed by atoms with Crippen LogP contribution < -0.4 is 25.8 Å². The lowest BCUT2D eigenvalue weighted by molar-refractivity contribution is -0.118. The summed E-state index contributed by atoms with van der Waals surface area (Å²) in [4.78, 5) is 23.0. The maximum absolute atomic E-state index is 12.1. The zero-order valence-electron chi connectivity index (χ0n) is 13.7. The van der Waals surface area contributed by atoms with Crippen molar-refractivity contribution in [2.45, 2.75) is 19.5 Å². The molecule has 3 rings (SSSR count). The largest absolute Gasteiger partial charge is 0.486 e. The minimum atomic E-state index is -0.508. The highest BCUT2D eigenvalue weighted by Crippen LogP contribution is 2.32. The van der Waals surface area contributed by atoms with Crippen LogP contribution in [0.1, 0.15) is 18.5 Å². The smallest absolute Gasteiger partial charge is 0.319 e. The fraction of sp³-hybridized carbons (Fsp3) is 0.312. The number of nitrogens with zero attached hydrogens (tertiary/aromatic N) is 2. The number of ether oxygens (including phenoxy) is 2. The zero-order valence-corrected chi connectivity index (χ0v) is 13.7. The molecular weight excluding hydrogens is 326 g/mol. The molecule has 0 aliphatic carbocycles. The van der Waals surface area contributed by atoms with E-state index in [1.54, 1.807) is 0 Å². The monoisotopic (exact) mass is 345 g/mol. The van der Waals surface area contributed by atoms with Gasteiger partial charge in [-0.2, -0.15) is 5.10 Å². The number of hydrogen-bond donors (Lipinski definition) is 3. The van der Waals surface area contributed by atoms with Crippen LogP contribution in [0.25, 0.3) is 0 Å². The molecule has 3 amide bonds. The van der Waals surface area contributed by atoms with Gasteiger partial charge in [0.25, 0.3) is 0 Å². The molecule has 25 heavy (non-hydrogen) atoms. The van der Waals surface area contributed by atoms with Gasteiger partial charge in [-0.25, -0.2) is 4.79 Å². The van der Waals surface area contributed by atoms with Crippen LogP contribution in [-0.4, -0.2) is 34.9 Å². The zero-order chi connectivity index (χ0) is 17.8. The van der Waals surface area contributed by atoms with Gasteiger partial charge in [0, 0.05) is 6.20 Å². The third kappa shape index (κ3) is 4.19. The van der Waals surface area contributed by atoms with Crippen LogP contribution >= 0.6 is 0 Å². The summed E-state index contributed by atoms with van der Waals surface area (Å²) in [5.41, 5.74) is 6.45. The minimum Gasteiger partial charge on any atom is -0.486 e. The number of amides is 3. The van der Waals surface area contributed by atoms with Crippen molar-refractivity contribution < 1.29 is 19.1 Å². The topological polar surface area (TPSA) is 120 Å². The molecule has 1 aromatic carbocycles. The number of fused-ring (bicyclic) bond motifs is 1. The van der Waals surface area contributed by atoms with E-state index in [9.17, 15) is 9.59 Å². The molecule has 1 aliphatic rings. The molecule has 0 saturated carbocycles. The second kappa shape index (κ2) is 7.12. The van der Waals surface area contributed by atoms with E-state index in [2.05, 4.69) is 15.7 Å². The maximum Gasteiger partial charge on any atom is 0.319 e. The molecule has 4 N–H and O–H groups in total. The highest BCUT2D eigenvalue weighted by molar-refractivity contribution is 5.89. The molecule has 1 unspecified atom stereocenters. The summed E-state index contributed by atoms with van der Waals surface area (Å²) in [6.45, 7) is 2.86. The summed E-state index contributed by atoms with van der Waals surface area (Å²) >= 11 is 0. The van der Waals surface area contributed by atoms with Crippen LogP contribution in [0.2, 0.25) is 0 Å². The van der Waals surface area contributed by atoms with Gasteiger partial charge in [0.1, 0.15) is 19.8 Å². The lowest BCUT2D eigenvalue weighted by Gasteiger charge is -2.21. The molecule has 2 heterocycles. The number of nitrogens with two attached hydrogens (primary N) is 1. The lowest BCUT2D eigenvalue weighted by atomic mass is 10.1. The van der Waals surface area contributed by atoms with Crippen LogP contribution in [-0.2, 0) is 11.3 Å². The van der Waals surface area contributed by atoms with E-state index in [1.165, 1.54) is 17.1 Å². The fourth-order valence-corrected chi connectivity index (χ4v) is 2.45. The number of carbonyl (C=O) groups is 2. The average Bonchev–Trinajstić information content (AvgIpc) is 3.00. The number of aromatic nitrogens is 2. The SMILES string of the molecule is CC(NC(=O)Nc1cnn(CC(N)=O)c1)c1ccc2c(c1)OCCO2. The highest BCUT2D eigenvalue weighted by Gasteiger charge is 2.16. The van der Waals surface area contributed by atoms with Gasteiger partial charge in [-0.15, -0.1) is 0 Å². The van der Waals surface area contributed by atoms with E-state index in [4.69, 9.17) is 15.2 Å². The second-order valence-corrected chi connectivity index (χ2v) is 5.62. The number of benzene rings is 1. The van der Waals surface area contributed by atoms with Crippen molar-refractivity contribution in [1.82, 2.24) is 15.1 Å². The Kier molecular flexibility index (Phi) is 4.73. The Morgan fingerprint density at radius 3 is 2.84 bits per heavy atom. The summed E-state index contributed by atoms with van der Waals surface area (Å²) in [6.07, 6.45) is 2.97. The summed E-state index contributed by atoms with van der Waals surface area (Å²) in [6, 6.07) is 4.93. The van der Waals surface area contributed by atoms with Crippen LogP contribution in [0.3, 0.4) is 0 Å². The Morgan fingerprint density at radius 1 is 1.32 bits per heavy atom. The van der Waals surface area contributed by atoms with Gasteiger partial charge in [0.05, 0.1) is 17.9 Å². The van der Waals surface area contributed by atoms with Gasteiger partial charge in [-0.3, -0.25) is 9.48 Å². The van der Waals surface area contributed by atoms with Crippen molar-refractivity contribution in [2.75, 3.05) is 18.5 Å². The van der Waals surface area contributed by atoms with Gasteiger partial charge in [0.2, 0.25) is 5.91 Å². The Morgan fingerprint density at radius 2 is 2.08 bits per heavy atom. The number of rotatable bonds is 5. The van der Waals surface area contributed by atoms with E-state index in [1.807, 2.05) is 25.1 Å². The Labute approximate surface area is 144 Å². The van der Waals surface area contributed by atoms with Gasteiger partial charge in [-0.1, -0.05) is 6.07 Å². The summed E-state index contributed by atoms with van der Waals surface area (Å²) in [5.74, 6) is 0.866. The Hall–Kier alpha value is -3.23. The second-order valence-electron chi connectivity index (χ2n) is 5.62. The third-order valence-corrected chi connectivity index (χ3v) is 3.62. The first-order chi connectivity index (χ1) is 12.0. The number of urea groups is 1. The molecule has 132 valence electrons. The fourth-order valence-electron chi connectivity index (χ4n) is 2.45. The molecule has 9 nitrogen and oxygen atoms in total. The molecule has 9 heteroatoms. The molecule has 0 spiro atoms. The van der Waals surface area contributed by atoms with E-state index >= 15 is 0 Å². The molecule has 0 bridgehead atoms. The molecule has 1 aliphatic heterocycles. The standard InChI is InChI=1S/C16H19N5O4/c1-10(11-2-3-13-14(6-11)25-5-4-24-13)19-16(23)20-12-7-18-21(8-12)9-15(17)22/h2-3,6-8,10H,4-5,9H2,1H3,(H2,17,22)(H2,19,20,23). The van der Waals surface area contributed by atoms with Gasteiger partial charge >= 0.3 is 6.03 Å². The highest BCUT2D eigenvalue weighted by atomic mass is 16.6. The number of anilines is 1.